The molecule has 2 N–H and O–H groups in total. The molecule has 0 spiro atoms. The van der Waals surface area contributed by atoms with Crippen molar-refractivity contribution in [1.29, 1.82) is 0 Å². The van der Waals surface area contributed by atoms with Gasteiger partial charge in [0, 0.05) is 18.9 Å². The van der Waals surface area contributed by atoms with E-state index in [0.717, 1.165) is 12.7 Å². The van der Waals surface area contributed by atoms with Crippen molar-refractivity contribution in [2.24, 2.45) is 5.92 Å². The fourth-order valence-electron chi connectivity index (χ4n) is 3.22. The van der Waals surface area contributed by atoms with Crippen LogP contribution in [0.4, 0.5) is 0 Å². The van der Waals surface area contributed by atoms with Crippen LogP contribution < -0.4 is 10.1 Å². The Hall–Kier alpha value is -3.44. The Labute approximate surface area is 224 Å². The molecule has 0 radical (unpaired) electrons. The number of hydrogen-bond donors (Lipinski definition) is 2. The van der Waals surface area contributed by atoms with Gasteiger partial charge in [-0.05, 0) is 30.1 Å². The summed E-state index contributed by atoms with van der Waals surface area (Å²) in [5.74, 6) is -3.35. The molecule has 0 aliphatic rings. The minimum Gasteiger partial charge on any atom is -0.503 e. The fourth-order valence-corrected chi connectivity index (χ4v) is 4.27. The molecular formula is C27H38N2O8Si. The SMILES string of the molecule is COC(=O)C(COC(=O)C(CO[Si](C)(C)C(C)(C)C)Cc1ccccc1)NC(=O)c1nccc(OC)c1O. The van der Waals surface area contributed by atoms with E-state index in [9.17, 15) is 19.5 Å². The van der Waals surface area contributed by atoms with E-state index < -0.39 is 50.5 Å². The van der Waals surface area contributed by atoms with Gasteiger partial charge in [-0.25, -0.2) is 9.78 Å². The molecule has 2 unspecified atom stereocenters. The molecule has 0 aliphatic carbocycles. The molecule has 2 atom stereocenters. The van der Waals surface area contributed by atoms with Crippen LogP contribution in [0.5, 0.6) is 11.5 Å². The molecule has 2 aromatic rings. The molecule has 1 heterocycles. The monoisotopic (exact) mass is 546 g/mol. The predicted octanol–water partition coefficient (Wildman–Crippen LogP) is 3.49. The minimum atomic E-state index is -2.15. The lowest BCUT2D eigenvalue weighted by atomic mass is 10.0. The molecule has 1 aromatic carbocycles. The average Bonchev–Trinajstić information content (AvgIpc) is 2.88. The highest BCUT2D eigenvalue weighted by molar-refractivity contribution is 6.74. The van der Waals surface area contributed by atoms with E-state index in [1.165, 1.54) is 19.4 Å². The van der Waals surface area contributed by atoms with E-state index in [-0.39, 0.29) is 23.1 Å². The second kappa shape index (κ2) is 13.4. The molecule has 0 fully saturated rings. The first-order valence-electron chi connectivity index (χ1n) is 12.3. The van der Waals surface area contributed by atoms with Crippen LogP contribution in [0.1, 0.15) is 36.8 Å². The highest BCUT2D eigenvalue weighted by Gasteiger charge is 2.38. The topological polar surface area (TPSA) is 133 Å². The first kappa shape index (κ1) is 30.8. The number of ether oxygens (including phenoxy) is 3. The molecule has 0 saturated heterocycles. The number of pyridine rings is 1. The third kappa shape index (κ3) is 8.28. The van der Waals surface area contributed by atoms with Crippen molar-refractivity contribution in [3.8, 4) is 11.5 Å². The first-order chi connectivity index (χ1) is 17.8. The van der Waals surface area contributed by atoms with E-state index in [0.29, 0.717) is 6.42 Å². The lowest BCUT2D eigenvalue weighted by Crippen LogP contribution is -2.46. The number of amides is 1. The van der Waals surface area contributed by atoms with Crippen molar-refractivity contribution < 1.29 is 38.1 Å². The van der Waals surface area contributed by atoms with E-state index in [2.05, 4.69) is 44.2 Å². The Morgan fingerprint density at radius 1 is 1.03 bits per heavy atom. The Bertz CT molecular complexity index is 1100. The van der Waals surface area contributed by atoms with Crippen molar-refractivity contribution >= 4 is 26.2 Å². The van der Waals surface area contributed by atoms with Crippen LogP contribution in [0.25, 0.3) is 0 Å². The minimum absolute atomic E-state index is 0.0386. The van der Waals surface area contributed by atoms with Gasteiger partial charge >= 0.3 is 11.9 Å². The number of aromatic nitrogens is 1. The second-order valence-corrected chi connectivity index (χ2v) is 15.2. The van der Waals surface area contributed by atoms with Crippen LogP contribution in [0, 0.1) is 5.92 Å². The highest BCUT2D eigenvalue weighted by Crippen LogP contribution is 2.37. The molecule has 0 saturated carbocycles. The number of nitrogens with one attached hydrogen (secondary N) is 1. The van der Waals surface area contributed by atoms with Crippen molar-refractivity contribution in [2.75, 3.05) is 27.4 Å². The molecule has 1 aromatic heterocycles. The third-order valence-corrected chi connectivity index (χ3v) is 11.1. The summed E-state index contributed by atoms with van der Waals surface area (Å²) in [6, 6.07) is 9.54. The lowest BCUT2D eigenvalue weighted by molar-refractivity contribution is -0.154. The summed E-state index contributed by atoms with van der Waals surface area (Å²) in [5.41, 5.74) is 0.583. The standard InChI is InChI=1S/C27H38N2O8Si/c1-27(2,3)38(6,7)37-16-19(15-18-11-9-8-10-12-18)25(32)36-17-20(26(33)35-5)29-24(31)22-23(30)21(34-4)13-14-28-22/h8-14,19-20,30H,15-17H2,1-7H3,(H,29,31). The summed E-state index contributed by atoms with van der Waals surface area (Å²) in [4.78, 5) is 42.2. The lowest BCUT2D eigenvalue weighted by Gasteiger charge is -2.37. The van der Waals surface area contributed by atoms with Crippen LogP contribution in [0.15, 0.2) is 42.6 Å². The number of methoxy groups -OCH3 is 2. The predicted molar refractivity (Wildman–Crippen MR) is 143 cm³/mol. The maximum atomic E-state index is 13.2. The van der Waals surface area contributed by atoms with Gasteiger partial charge in [0.15, 0.2) is 31.6 Å². The van der Waals surface area contributed by atoms with Gasteiger partial charge in [0.05, 0.1) is 20.1 Å². The maximum absolute atomic E-state index is 13.2. The fraction of sp³-hybridized carbons (Fsp3) is 0.481. The van der Waals surface area contributed by atoms with Crippen molar-refractivity contribution in [3.63, 3.8) is 0 Å². The van der Waals surface area contributed by atoms with E-state index >= 15 is 0 Å². The van der Waals surface area contributed by atoms with Crippen LogP contribution in [-0.4, -0.2) is 69.7 Å². The summed E-state index contributed by atoms with van der Waals surface area (Å²) in [6.45, 7) is 10.2. The molecule has 0 aliphatic heterocycles. The normalized spacial score (nSPS) is 13.2. The number of carbonyl (C=O) groups excluding carboxylic acids is 3. The Morgan fingerprint density at radius 3 is 2.26 bits per heavy atom. The van der Waals surface area contributed by atoms with E-state index in [1.807, 2.05) is 30.3 Å². The van der Waals surface area contributed by atoms with Gasteiger partial charge in [0.2, 0.25) is 0 Å². The van der Waals surface area contributed by atoms with Gasteiger partial charge in [-0.3, -0.25) is 9.59 Å². The third-order valence-electron chi connectivity index (χ3n) is 6.62. The zero-order valence-electron chi connectivity index (χ0n) is 23.1. The molecule has 0 bridgehead atoms. The molecular weight excluding hydrogens is 508 g/mol. The van der Waals surface area contributed by atoms with Crippen LogP contribution in [0.2, 0.25) is 18.1 Å². The van der Waals surface area contributed by atoms with Crippen LogP contribution in [-0.2, 0) is 29.9 Å². The average molecular weight is 547 g/mol. The van der Waals surface area contributed by atoms with Gasteiger partial charge in [-0.2, -0.15) is 0 Å². The van der Waals surface area contributed by atoms with Crippen LogP contribution in [0.3, 0.4) is 0 Å². The van der Waals surface area contributed by atoms with Gasteiger partial charge in [0.1, 0.15) is 6.61 Å². The van der Waals surface area contributed by atoms with Crippen molar-refractivity contribution in [2.45, 2.75) is 51.4 Å². The molecule has 11 heteroatoms. The maximum Gasteiger partial charge on any atom is 0.331 e. The van der Waals surface area contributed by atoms with Gasteiger partial charge < -0.3 is 29.1 Å². The quantitative estimate of drug-likeness (QED) is 0.303. The molecule has 1 amide bonds. The summed E-state index contributed by atoms with van der Waals surface area (Å²) in [6.07, 6.45) is 1.66. The van der Waals surface area contributed by atoms with Crippen LogP contribution >= 0.6 is 0 Å². The van der Waals surface area contributed by atoms with E-state index in [4.69, 9.17) is 18.6 Å². The number of rotatable bonds is 12. The van der Waals surface area contributed by atoms with Crippen molar-refractivity contribution in [1.82, 2.24) is 10.3 Å². The summed E-state index contributed by atoms with van der Waals surface area (Å²) in [7, 11) is 0.325. The Morgan fingerprint density at radius 2 is 1.68 bits per heavy atom. The Balaban J connectivity index is 2.17. The molecule has 38 heavy (non-hydrogen) atoms. The number of hydrogen-bond acceptors (Lipinski definition) is 9. The van der Waals surface area contributed by atoms with Gasteiger partial charge in [-0.1, -0.05) is 51.1 Å². The first-order valence-corrected chi connectivity index (χ1v) is 15.2. The molecule has 2 rings (SSSR count). The van der Waals surface area contributed by atoms with E-state index in [1.54, 1.807) is 0 Å². The largest absolute Gasteiger partial charge is 0.503 e. The molecule has 10 nitrogen and oxygen atoms in total. The second-order valence-electron chi connectivity index (χ2n) is 10.3. The van der Waals surface area contributed by atoms with Gasteiger partial charge in [0.25, 0.3) is 5.91 Å². The Kier molecular flexibility index (Phi) is 10.8. The zero-order chi connectivity index (χ0) is 28.5. The summed E-state index contributed by atoms with van der Waals surface area (Å²) >= 11 is 0. The van der Waals surface area contributed by atoms with Gasteiger partial charge in [-0.15, -0.1) is 0 Å². The summed E-state index contributed by atoms with van der Waals surface area (Å²) in [5, 5.41) is 12.6. The smallest absolute Gasteiger partial charge is 0.331 e. The molecule has 208 valence electrons. The zero-order valence-corrected chi connectivity index (χ0v) is 24.1. The van der Waals surface area contributed by atoms with Crippen molar-refractivity contribution in [3.05, 3.63) is 53.9 Å². The number of esters is 2. The number of carbonyl (C=O) groups is 3. The number of nitrogens with zero attached hydrogens (tertiary/aromatic N) is 1. The number of benzene rings is 1. The summed E-state index contributed by atoms with van der Waals surface area (Å²) < 4.78 is 21.6. The highest BCUT2D eigenvalue weighted by atomic mass is 28.4. The number of aromatic hydroxyl groups is 1.